The Kier molecular flexibility index (Phi) is 6.68. The van der Waals surface area contributed by atoms with Crippen molar-refractivity contribution in [1.29, 1.82) is 0 Å². The largest absolute Gasteiger partial charge is 0.467 e. The van der Waals surface area contributed by atoms with Gasteiger partial charge in [0.2, 0.25) is 5.91 Å². The summed E-state index contributed by atoms with van der Waals surface area (Å²) in [6.07, 6.45) is 0.359. The molecule has 154 valence electrons. The van der Waals surface area contributed by atoms with E-state index < -0.39 is 17.4 Å². The number of methoxy groups -OCH3 is 1. The summed E-state index contributed by atoms with van der Waals surface area (Å²) in [4.78, 5) is 26.1. The third-order valence-corrected chi connectivity index (χ3v) is 5.51. The normalized spacial score (nSPS) is 12.1. The lowest BCUT2D eigenvalue weighted by molar-refractivity contribution is -0.145. The molecule has 0 aliphatic heterocycles. The Hall–Kier alpha value is -3.40. The van der Waals surface area contributed by atoms with E-state index in [1.165, 1.54) is 7.11 Å². The van der Waals surface area contributed by atoms with Crippen molar-refractivity contribution in [2.45, 2.75) is 31.7 Å². The number of amides is 1. The molecule has 0 spiro atoms. The van der Waals surface area contributed by atoms with Crippen molar-refractivity contribution < 1.29 is 14.3 Å². The molecule has 4 heteroatoms. The summed E-state index contributed by atoms with van der Waals surface area (Å²) in [5.41, 5.74) is 2.85. The molecule has 4 nitrogen and oxygen atoms in total. The van der Waals surface area contributed by atoms with Crippen LogP contribution in [-0.4, -0.2) is 25.0 Å². The van der Waals surface area contributed by atoms with Crippen LogP contribution in [0.1, 0.15) is 29.2 Å². The van der Waals surface area contributed by atoms with Gasteiger partial charge in [0.1, 0.15) is 6.04 Å². The van der Waals surface area contributed by atoms with Crippen molar-refractivity contribution >= 4 is 11.9 Å². The zero-order valence-electron chi connectivity index (χ0n) is 17.6. The molecule has 1 amide bonds. The number of aryl methyl sites for hydroxylation is 1. The van der Waals surface area contributed by atoms with E-state index in [9.17, 15) is 9.59 Å². The first-order chi connectivity index (χ1) is 14.4. The molecule has 0 saturated heterocycles. The van der Waals surface area contributed by atoms with Crippen molar-refractivity contribution in [3.63, 3.8) is 0 Å². The van der Waals surface area contributed by atoms with Crippen LogP contribution in [0.5, 0.6) is 0 Å². The number of esters is 1. The Morgan fingerprint density at radius 3 is 1.83 bits per heavy atom. The van der Waals surface area contributed by atoms with Gasteiger partial charge in [-0.1, -0.05) is 90.5 Å². The van der Waals surface area contributed by atoms with Crippen LogP contribution in [-0.2, 0) is 26.2 Å². The molecule has 0 aliphatic carbocycles. The van der Waals surface area contributed by atoms with Gasteiger partial charge in [0.15, 0.2) is 0 Å². The molecule has 0 bridgehead atoms. The summed E-state index contributed by atoms with van der Waals surface area (Å²) >= 11 is 0. The maximum Gasteiger partial charge on any atom is 0.328 e. The second kappa shape index (κ2) is 9.40. The summed E-state index contributed by atoms with van der Waals surface area (Å²) in [5, 5.41) is 2.95. The van der Waals surface area contributed by atoms with Crippen LogP contribution in [0.2, 0.25) is 0 Å². The fraction of sp³-hybridized carbons (Fsp3) is 0.231. The number of ether oxygens (including phenoxy) is 1. The minimum absolute atomic E-state index is 0.248. The number of carbonyl (C=O) groups is 2. The molecule has 0 fully saturated rings. The zero-order chi connectivity index (χ0) is 21.6. The fourth-order valence-electron chi connectivity index (χ4n) is 3.57. The van der Waals surface area contributed by atoms with Gasteiger partial charge < -0.3 is 10.1 Å². The second-order valence-electron chi connectivity index (χ2n) is 7.60. The summed E-state index contributed by atoms with van der Waals surface area (Å²) in [6.45, 7) is 3.89. The molecule has 3 aromatic rings. The van der Waals surface area contributed by atoms with E-state index in [2.05, 4.69) is 5.32 Å². The number of nitrogens with one attached hydrogen (secondary N) is 1. The van der Waals surface area contributed by atoms with E-state index in [1.807, 2.05) is 98.8 Å². The molecule has 1 atom stereocenters. The van der Waals surface area contributed by atoms with Crippen molar-refractivity contribution in [3.8, 4) is 0 Å². The molecule has 3 rings (SSSR count). The Morgan fingerprint density at radius 1 is 0.867 bits per heavy atom. The van der Waals surface area contributed by atoms with Crippen LogP contribution in [0.15, 0.2) is 84.9 Å². The van der Waals surface area contributed by atoms with E-state index in [0.717, 1.165) is 22.3 Å². The second-order valence-corrected chi connectivity index (χ2v) is 7.60. The maximum atomic E-state index is 13.6. The van der Waals surface area contributed by atoms with Gasteiger partial charge in [0.05, 0.1) is 12.5 Å². The predicted octanol–water partition coefficient (Wildman–Crippen LogP) is 4.20. The first kappa shape index (κ1) is 21.3. The standard InChI is InChI=1S/C26H27NO3/c1-19-14-16-20(17-15-19)18-23(24(28)30-3)27-25(29)26(2,21-10-6-4-7-11-21)22-12-8-5-9-13-22/h4-17,23H,18H2,1-3H3,(H,27,29)/t23-/m1/s1. The van der Waals surface area contributed by atoms with Crippen LogP contribution >= 0.6 is 0 Å². The van der Waals surface area contributed by atoms with Crippen molar-refractivity contribution in [1.82, 2.24) is 5.32 Å². The number of rotatable bonds is 7. The average Bonchev–Trinajstić information content (AvgIpc) is 2.80. The van der Waals surface area contributed by atoms with Gasteiger partial charge in [0, 0.05) is 6.42 Å². The molecule has 30 heavy (non-hydrogen) atoms. The lowest BCUT2D eigenvalue weighted by Crippen LogP contribution is -2.51. The minimum Gasteiger partial charge on any atom is -0.467 e. The van der Waals surface area contributed by atoms with Crippen LogP contribution in [0.3, 0.4) is 0 Å². The monoisotopic (exact) mass is 401 g/mol. The van der Waals surface area contributed by atoms with Gasteiger partial charge >= 0.3 is 5.97 Å². The third kappa shape index (κ3) is 4.60. The zero-order valence-corrected chi connectivity index (χ0v) is 17.6. The molecular formula is C26H27NO3. The Morgan fingerprint density at radius 2 is 1.37 bits per heavy atom. The lowest BCUT2D eigenvalue weighted by atomic mass is 9.75. The molecule has 0 unspecified atom stereocenters. The number of benzene rings is 3. The molecule has 0 radical (unpaired) electrons. The van der Waals surface area contributed by atoms with Crippen molar-refractivity contribution in [2.24, 2.45) is 0 Å². The molecule has 0 aromatic heterocycles. The highest BCUT2D eigenvalue weighted by atomic mass is 16.5. The smallest absolute Gasteiger partial charge is 0.328 e. The first-order valence-corrected chi connectivity index (χ1v) is 10.0. The van der Waals surface area contributed by atoms with Gasteiger partial charge in [-0.2, -0.15) is 0 Å². The number of carbonyl (C=O) groups excluding carboxylic acids is 2. The highest BCUT2D eigenvalue weighted by molar-refractivity contribution is 5.94. The highest BCUT2D eigenvalue weighted by Crippen LogP contribution is 2.32. The lowest BCUT2D eigenvalue weighted by Gasteiger charge is -2.31. The molecule has 0 aliphatic rings. The minimum atomic E-state index is -0.956. The van der Waals surface area contributed by atoms with E-state index in [-0.39, 0.29) is 5.91 Å². The van der Waals surface area contributed by atoms with Crippen molar-refractivity contribution in [3.05, 3.63) is 107 Å². The highest BCUT2D eigenvalue weighted by Gasteiger charge is 2.39. The van der Waals surface area contributed by atoms with Gasteiger partial charge in [-0.05, 0) is 30.5 Å². The molecule has 0 heterocycles. The van der Waals surface area contributed by atoms with Gasteiger partial charge in [-0.25, -0.2) is 4.79 Å². The third-order valence-electron chi connectivity index (χ3n) is 5.51. The summed E-state index contributed by atoms with van der Waals surface area (Å²) < 4.78 is 4.98. The van der Waals surface area contributed by atoms with Gasteiger partial charge in [0.25, 0.3) is 0 Å². The van der Waals surface area contributed by atoms with E-state index in [1.54, 1.807) is 0 Å². The van der Waals surface area contributed by atoms with E-state index in [0.29, 0.717) is 6.42 Å². The molecule has 1 N–H and O–H groups in total. The molecular weight excluding hydrogens is 374 g/mol. The van der Waals surface area contributed by atoms with Crippen LogP contribution in [0.4, 0.5) is 0 Å². The molecule has 0 saturated carbocycles. The Balaban J connectivity index is 1.94. The Labute approximate surface area is 177 Å². The van der Waals surface area contributed by atoms with Crippen LogP contribution < -0.4 is 5.32 Å². The van der Waals surface area contributed by atoms with Crippen LogP contribution in [0.25, 0.3) is 0 Å². The Bertz CT molecular complexity index is 942. The van der Waals surface area contributed by atoms with Crippen molar-refractivity contribution in [2.75, 3.05) is 7.11 Å². The molecule has 3 aromatic carbocycles. The number of hydrogen-bond donors (Lipinski definition) is 1. The predicted molar refractivity (Wildman–Crippen MR) is 118 cm³/mol. The van der Waals surface area contributed by atoms with E-state index in [4.69, 9.17) is 4.74 Å². The quantitative estimate of drug-likeness (QED) is 0.604. The topological polar surface area (TPSA) is 55.4 Å². The van der Waals surface area contributed by atoms with E-state index >= 15 is 0 Å². The fourth-order valence-corrected chi connectivity index (χ4v) is 3.57. The first-order valence-electron chi connectivity index (χ1n) is 10.0. The number of hydrogen-bond acceptors (Lipinski definition) is 3. The van der Waals surface area contributed by atoms with Gasteiger partial charge in [-0.3, -0.25) is 4.79 Å². The average molecular weight is 402 g/mol. The van der Waals surface area contributed by atoms with Gasteiger partial charge in [-0.15, -0.1) is 0 Å². The maximum absolute atomic E-state index is 13.6. The summed E-state index contributed by atoms with van der Waals surface area (Å²) in [7, 11) is 1.34. The summed E-state index contributed by atoms with van der Waals surface area (Å²) in [6, 6.07) is 26.3. The SMILES string of the molecule is COC(=O)[C@@H](Cc1ccc(C)cc1)NC(=O)C(C)(c1ccccc1)c1ccccc1. The van der Waals surface area contributed by atoms with Crippen LogP contribution in [0, 0.1) is 6.92 Å². The summed E-state index contributed by atoms with van der Waals surface area (Å²) in [5.74, 6) is -0.713.